The van der Waals surface area contributed by atoms with Crippen molar-refractivity contribution < 1.29 is 4.79 Å². The van der Waals surface area contributed by atoms with E-state index < -0.39 is 0 Å². The Balaban J connectivity index is 1.07. The Morgan fingerprint density at radius 2 is 1.97 bits per heavy atom. The molecule has 2 aromatic carbocycles. The number of nitrogens with zero attached hydrogens (tertiary/aromatic N) is 3. The molecular weight excluding hydrogens is 386 g/mol. The monoisotopic (exact) mass is 419 g/mol. The number of likely N-dealkylation sites (tertiary alicyclic amines) is 1. The first-order chi connectivity index (χ1) is 15.1. The average molecular weight is 420 g/mol. The molecule has 6 heteroatoms. The number of benzene rings is 2. The summed E-state index contributed by atoms with van der Waals surface area (Å²) in [6, 6.07) is 15.3. The topological polar surface area (TPSA) is 50.9 Å². The molecule has 164 valence electrons. The van der Waals surface area contributed by atoms with Crippen molar-refractivity contribution in [2.45, 2.75) is 31.2 Å². The van der Waals surface area contributed by atoms with Gasteiger partial charge in [-0.25, -0.2) is 4.79 Å². The van der Waals surface area contributed by atoms with Crippen molar-refractivity contribution in [2.75, 3.05) is 61.9 Å². The molecule has 0 aliphatic carbocycles. The summed E-state index contributed by atoms with van der Waals surface area (Å²) in [7, 11) is 4.01. The standard InChI is InChI=1S/C25H33N5O/c1-28(2)20-9-7-19(8-10-20)27-25(31)26-13-4-14-29-15-12-23-22(17-29)21-6-3-5-18-11-16-30(23)24(18)21/h3,5-10,22-23H,4,11-17H2,1-2H3,(H2,26,27,31)/t22-,23-/m1/s1. The van der Waals surface area contributed by atoms with E-state index in [0.717, 1.165) is 37.4 Å². The number of amides is 2. The molecular formula is C25H33N5O. The first-order valence-corrected chi connectivity index (χ1v) is 11.5. The molecule has 0 aromatic heterocycles. The summed E-state index contributed by atoms with van der Waals surface area (Å²) in [5, 5.41) is 5.91. The molecule has 2 amide bonds. The smallest absolute Gasteiger partial charge is 0.319 e. The number of anilines is 3. The van der Waals surface area contributed by atoms with E-state index in [4.69, 9.17) is 0 Å². The van der Waals surface area contributed by atoms with Crippen LogP contribution in [0.5, 0.6) is 0 Å². The predicted molar refractivity (Wildman–Crippen MR) is 127 cm³/mol. The zero-order chi connectivity index (χ0) is 21.4. The van der Waals surface area contributed by atoms with Crippen LogP contribution >= 0.6 is 0 Å². The molecule has 2 N–H and O–H groups in total. The summed E-state index contributed by atoms with van der Waals surface area (Å²) in [4.78, 5) is 19.5. The maximum Gasteiger partial charge on any atom is 0.319 e. The van der Waals surface area contributed by atoms with Gasteiger partial charge in [0.15, 0.2) is 0 Å². The second kappa shape index (κ2) is 8.42. The molecule has 1 fully saturated rings. The van der Waals surface area contributed by atoms with Crippen molar-refractivity contribution in [3.8, 4) is 0 Å². The third kappa shape index (κ3) is 3.97. The minimum absolute atomic E-state index is 0.133. The fraction of sp³-hybridized carbons (Fsp3) is 0.480. The SMILES string of the molecule is CN(C)c1ccc(NC(=O)NCCCN2CC[C@@H]3[C@H](C2)c2cccc4c2N3CC4)cc1. The van der Waals surface area contributed by atoms with E-state index in [1.54, 1.807) is 16.8 Å². The van der Waals surface area contributed by atoms with Gasteiger partial charge in [-0.15, -0.1) is 0 Å². The van der Waals surface area contributed by atoms with Crippen LogP contribution in [0.1, 0.15) is 29.9 Å². The van der Waals surface area contributed by atoms with Gasteiger partial charge in [-0.2, -0.15) is 0 Å². The molecule has 3 aliphatic rings. The van der Waals surface area contributed by atoms with E-state index in [-0.39, 0.29) is 6.03 Å². The first-order valence-electron chi connectivity index (χ1n) is 11.5. The minimum atomic E-state index is -0.133. The van der Waals surface area contributed by atoms with Crippen LogP contribution in [0, 0.1) is 0 Å². The fourth-order valence-electron chi connectivity index (χ4n) is 5.56. The summed E-state index contributed by atoms with van der Waals surface area (Å²) in [5.74, 6) is 0.644. The van der Waals surface area contributed by atoms with Crippen LogP contribution in [-0.2, 0) is 6.42 Å². The van der Waals surface area contributed by atoms with Gasteiger partial charge in [0.25, 0.3) is 0 Å². The van der Waals surface area contributed by atoms with Crippen molar-refractivity contribution in [1.29, 1.82) is 0 Å². The van der Waals surface area contributed by atoms with Crippen LogP contribution in [0.2, 0.25) is 0 Å². The molecule has 31 heavy (non-hydrogen) atoms. The maximum atomic E-state index is 12.2. The summed E-state index contributed by atoms with van der Waals surface area (Å²) in [6.45, 7) is 5.23. The second-order valence-corrected chi connectivity index (χ2v) is 9.24. The number of piperidine rings is 1. The van der Waals surface area contributed by atoms with Crippen LogP contribution in [0.4, 0.5) is 21.9 Å². The maximum absolute atomic E-state index is 12.2. The Hall–Kier alpha value is -2.73. The number of urea groups is 1. The Labute approximate surface area is 185 Å². The highest BCUT2D eigenvalue weighted by Gasteiger charge is 2.44. The van der Waals surface area contributed by atoms with Gasteiger partial charge in [0.05, 0.1) is 0 Å². The summed E-state index contributed by atoms with van der Waals surface area (Å²) in [5.41, 5.74) is 6.60. The minimum Gasteiger partial charge on any atom is -0.378 e. The van der Waals surface area contributed by atoms with Crippen LogP contribution in [0.15, 0.2) is 42.5 Å². The third-order valence-corrected chi connectivity index (χ3v) is 7.10. The van der Waals surface area contributed by atoms with Gasteiger partial charge in [0, 0.05) is 69.3 Å². The lowest BCUT2D eigenvalue weighted by molar-refractivity contribution is 0.191. The number of carbonyl (C=O) groups is 1. The highest BCUT2D eigenvalue weighted by Crippen LogP contribution is 2.49. The van der Waals surface area contributed by atoms with Crippen molar-refractivity contribution >= 4 is 23.1 Å². The summed E-state index contributed by atoms with van der Waals surface area (Å²) >= 11 is 0. The predicted octanol–water partition coefficient (Wildman–Crippen LogP) is 3.50. The zero-order valence-electron chi connectivity index (χ0n) is 18.6. The van der Waals surface area contributed by atoms with Gasteiger partial charge in [-0.3, -0.25) is 0 Å². The van der Waals surface area contributed by atoms with Gasteiger partial charge >= 0.3 is 6.03 Å². The molecule has 2 aromatic rings. The Morgan fingerprint density at radius 1 is 1.13 bits per heavy atom. The number of fused-ring (bicyclic) bond motifs is 3. The number of para-hydroxylation sites is 1. The summed E-state index contributed by atoms with van der Waals surface area (Å²) in [6.07, 6.45) is 3.43. The van der Waals surface area contributed by atoms with Crippen molar-refractivity contribution in [1.82, 2.24) is 10.2 Å². The van der Waals surface area contributed by atoms with E-state index in [0.29, 0.717) is 18.5 Å². The second-order valence-electron chi connectivity index (χ2n) is 9.24. The number of nitrogens with one attached hydrogen (secondary N) is 2. The highest BCUT2D eigenvalue weighted by atomic mass is 16.2. The quantitative estimate of drug-likeness (QED) is 0.704. The molecule has 1 saturated heterocycles. The van der Waals surface area contributed by atoms with Crippen LogP contribution in [0.25, 0.3) is 0 Å². The van der Waals surface area contributed by atoms with E-state index >= 15 is 0 Å². The Morgan fingerprint density at radius 3 is 2.77 bits per heavy atom. The lowest BCUT2D eigenvalue weighted by Gasteiger charge is -2.38. The van der Waals surface area contributed by atoms with E-state index in [1.807, 2.05) is 43.3 Å². The normalized spacial score (nSPS) is 21.5. The molecule has 0 unspecified atom stereocenters. The highest BCUT2D eigenvalue weighted by molar-refractivity contribution is 5.89. The lowest BCUT2D eigenvalue weighted by Crippen LogP contribution is -2.46. The molecule has 0 spiro atoms. The molecule has 6 nitrogen and oxygen atoms in total. The van der Waals surface area contributed by atoms with Crippen LogP contribution in [-0.4, -0.2) is 63.8 Å². The third-order valence-electron chi connectivity index (χ3n) is 7.10. The van der Waals surface area contributed by atoms with Crippen molar-refractivity contribution in [3.63, 3.8) is 0 Å². The van der Waals surface area contributed by atoms with Crippen molar-refractivity contribution in [2.24, 2.45) is 0 Å². The Kier molecular flexibility index (Phi) is 5.48. The largest absolute Gasteiger partial charge is 0.378 e. The molecule has 3 heterocycles. The molecule has 0 radical (unpaired) electrons. The summed E-state index contributed by atoms with van der Waals surface area (Å²) < 4.78 is 0. The molecule has 3 aliphatic heterocycles. The van der Waals surface area contributed by atoms with Gasteiger partial charge in [0.1, 0.15) is 0 Å². The van der Waals surface area contributed by atoms with E-state index in [2.05, 4.69) is 38.6 Å². The average Bonchev–Trinajstić information content (AvgIpc) is 3.34. The van der Waals surface area contributed by atoms with Gasteiger partial charge in [0.2, 0.25) is 0 Å². The van der Waals surface area contributed by atoms with Crippen molar-refractivity contribution in [3.05, 3.63) is 53.6 Å². The molecule has 0 saturated carbocycles. The van der Waals surface area contributed by atoms with Crippen LogP contribution < -0.4 is 20.4 Å². The van der Waals surface area contributed by atoms with E-state index in [9.17, 15) is 4.79 Å². The first kappa shape index (κ1) is 20.2. The van der Waals surface area contributed by atoms with Gasteiger partial charge in [-0.1, -0.05) is 18.2 Å². The fourth-order valence-corrected chi connectivity index (χ4v) is 5.56. The zero-order valence-corrected chi connectivity index (χ0v) is 18.6. The Bertz CT molecular complexity index is 941. The van der Waals surface area contributed by atoms with E-state index in [1.165, 1.54) is 19.4 Å². The number of carbonyl (C=O) groups excluding carboxylic acids is 1. The number of hydrogen-bond acceptors (Lipinski definition) is 4. The van der Waals surface area contributed by atoms with Crippen LogP contribution in [0.3, 0.4) is 0 Å². The molecule has 5 rings (SSSR count). The molecule has 2 atom stereocenters. The lowest BCUT2D eigenvalue weighted by atomic mass is 9.88. The van der Waals surface area contributed by atoms with Gasteiger partial charge < -0.3 is 25.3 Å². The molecule has 0 bridgehead atoms. The number of rotatable bonds is 6. The number of hydrogen-bond donors (Lipinski definition) is 2. The van der Waals surface area contributed by atoms with Gasteiger partial charge in [-0.05, 0) is 61.2 Å².